The lowest BCUT2D eigenvalue weighted by atomic mass is 10.1. The number of amides is 5. The maximum Gasteiger partial charge on any atom is 0.272 e. The van der Waals surface area contributed by atoms with Gasteiger partial charge in [0.1, 0.15) is 17.1 Å². The van der Waals surface area contributed by atoms with E-state index in [4.69, 9.17) is 5.21 Å². The summed E-state index contributed by atoms with van der Waals surface area (Å²) in [6.07, 6.45) is 9.13. The van der Waals surface area contributed by atoms with Gasteiger partial charge in [-0.1, -0.05) is 12.8 Å². The maximum atomic E-state index is 13.1. The standard InChI is InChI=1S/C31H45N9O6.ClH/c1-37(2)14-10-13-32-29(43)24-16-22(19-38(24)3)34-31(45)26-17-23(20-40(26)5)35-30(44)25-15-21(18-39(25)4)33-27(41)11-8-6-7-9-12-28(42)36-46;/h15-20,46H,6-14H2,1-5H3,(H,32,43)(H,33,41)(H,34,45)(H,35,44)(H,36,42);1H. The molecule has 0 spiro atoms. The van der Waals surface area contributed by atoms with E-state index >= 15 is 0 Å². The van der Waals surface area contributed by atoms with E-state index in [1.54, 1.807) is 77.1 Å². The second kappa shape index (κ2) is 18.5. The van der Waals surface area contributed by atoms with Crippen molar-refractivity contribution in [3.05, 3.63) is 53.9 Å². The van der Waals surface area contributed by atoms with E-state index in [0.29, 0.717) is 60.0 Å². The van der Waals surface area contributed by atoms with Crippen molar-refractivity contribution in [2.45, 2.75) is 44.9 Å². The minimum atomic E-state index is -0.424. The van der Waals surface area contributed by atoms with Crippen LogP contribution in [0.4, 0.5) is 17.1 Å². The minimum absolute atomic E-state index is 0. The van der Waals surface area contributed by atoms with Crippen molar-refractivity contribution in [2.24, 2.45) is 21.1 Å². The summed E-state index contributed by atoms with van der Waals surface area (Å²) >= 11 is 0. The van der Waals surface area contributed by atoms with Gasteiger partial charge in [-0.15, -0.1) is 0 Å². The summed E-state index contributed by atoms with van der Waals surface area (Å²) in [7, 11) is 9.22. The Morgan fingerprint density at radius 1 is 0.638 bits per heavy atom. The number of aryl methyl sites for hydroxylation is 3. The van der Waals surface area contributed by atoms with E-state index in [1.165, 1.54) is 4.90 Å². The van der Waals surface area contributed by atoms with Gasteiger partial charge < -0.3 is 52.3 Å². The fourth-order valence-corrected chi connectivity index (χ4v) is 4.90. The summed E-state index contributed by atoms with van der Waals surface area (Å²) < 4.78 is 4.84. The third-order valence-corrected chi connectivity index (χ3v) is 7.33. The highest BCUT2D eigenvalue weighted by Gasteiger charge is 2.19. The normalized spacial score (nSPS) is 10.7. The predicted molar refractivity (Wildman–Crippen MR) is 173 cm³/mol. The van der Waals surface area contributed by atoms with E-state index in [2.05, 4.69) is 35.4 Å². The molecule has 0 unspecified atom stereocenters. The van der Waals surface area contributed by atoms with Gasteiger partial charge in [0.25, 0.3) is 17.7 Å². The Balaban J connectivity index is 0.00000768. The first-order valence-electron chi connectivity index (χ1n) is 15.3. The van der Waals surface area contributed by atoms with Crippen molar-refractivity contribution < 1.29 is 46.5 Å². The van der Waals surface area contributed by atoms with Crippen LogP contribution in [0.15, 0.2) is 36.8 Å². The van der Waals surface area contributed by atoms with E-state index in [0.717, 1.165) is 25.8 Å². The first kappa shape index (κ1) is 38.6. The molecule has 3 aromatic heterocycles. The van der Waals surface area contributed by atoms with Crippen LogP contribution in [0.5, 0.6) is 0 Å². The molecule has 16 heteroatoms. The molecule has 47 heavy (non-hydrogen) atoms. The molecule has 3 aromatic rings. The van der Waals surface area contributed by atoms with Gasteiger partial charge in [-0.05, 0) is 31.0 Å². The fraction of sp³-hybridized carbons (Fsp3) is 0.452. The van der Waals surface area contributed by atoms with Crippen molar-refractivity contribution >= 4 is 46.6 Å². The van der Waals surface area contributed by atoms with Crippen LogP contribution < -0.4 is 44.1 Å². The van der Waals surface area contributed by atoms with Crippen LogP contribution in [0.3, 0.4) is 0 Å². The molecule has 0 saturated carbocycles. The van der Waals surface area contributed by atoms with Crippen LogP contribution in [0.25, 0.3) is 0 Å². The molecule has 7 N–H and O–H groups in total. The smallest absolute Gasteiger partial charge is 0.272 e. The van der Waals surface area contributed by atoms with Crippen LogP contribution in [0.1, 0.15) is 76.4 Å². The second-order valence-corrected chi connectivity index (χ2v) is 11.6. The minimum Gasteiger partial charge on any atom is -1.00 e. The summed E-state index contributed by atoms with van der Waals surface area (Å²) in [5.74, 6) is -1.65. The average molecular weight is 676 g/mol. The molecule has 0 saturated heterocycles. The molecule has 258 valence electrons. The zero-order chi connectivity index (χ0) is 33.8. The number of carbonyl (C=O) groups is 5. The van der Waals surface area contributed by atoms with E-state index in [1.807, 2.05) is 0 Å². The van der Waals surface area contributed by atoms with Crippen LogP contribution in [0.2, 0.25) is 0 Å². The number of hydrogen-bond donors (Lipinski definition) is 7. The monoisotopic (exact) mass is 675 g/mol. The number of quaternary nitrogens is 1. The summed E-state index contributed by atoms with van der Waals surface area (Å²) in [5, 5.41) is 19.8. The summed E-state index contributed by atoms with van der Waals surface area (Å²) in [4.78, 5) is 63.4. The zero-order valence-electron chi connectivity index (χ0n) is 27.5. The summed E-state index contributed by atoms with van der Waals surface area (Å²) in [6.45, 7) is 1.50. The molecule has 0 fully saturated rings. The number of rotatable bonds is 17. The van der Waals surface area contributed by atoms with Gasteiger partial charge in [-0.3, -0.25) is 29.2 Å². The Bertz CT molecular complexity index is 1540. The van der Waals surface area contributed by atoms with Crippen molar-refractivity contribution in [3.63, 3.8) is 0 Å². The number of hydrogen-bond acceptors (Lipinski definition) is 6. The predicted octanol–water partition coefficient (Wildman–Crippen LogP) is -1.74. The number of nitrogens with one attached hydrogen (secondary N) is 6. The van der Waals surface area contributed by atoms with Crippen molar-refractivity contribution in [1.29, 1.82) is 0 Å². The lowest BCUT2D eigenvalue weighted by molar-refractivity contribution is -0.858. The Kier molecular flexibility index (Phi) is 15.2. The Morgan fingerprint density at radius 2 is 1.06 bits per heavy atom. The first-order chi connectivity index (χ1) is 21.9. The highest BCUT2D eigenvalue weighted by atomic mass is 35.5. The maximum absolute atomic E-state index is 13.1. The fourth-order valence-electron chi connectivity index (χ4n) is 4.90. The van der Waals surface area contributed by atoms with Crippen LogP contribution in [0, 0.1) is 0 Å². The van der Waals surface area contributed by atoms with Gasteiger partial charge >= 0.3 is 0 Å². The molecule has 0 aromatic carbocycles. The second-order valence-electron chi connectivity index (χ2n) is 11.6. The number of nitrogens with zero attached hydrogens (tertiary/aromatic N) is 3. The molecule has 15 nitrogen and oxygen atoms in total. The SMILES string of the molecule is Cn1cc(NC(=O)c2cc(NC(=O)c3cc(NC(=O)CCCCCCC(=O)NO)cn3C)cn2C)cc1C(=O)NCCC[NH+](C)C.[Cl-]. The number of halogens is 1. The highest BCUT2D eigenvalue weighted by Crippen LogP contribution is 2.20. The van der Waals surface area contributed by atoms with Crippen LogP contribution >= 0.6 is 0 Å². The molecule has 0 aliphatic carbocycles. The van der Waals surface area contributed by atoms with Gasteiger partial charge in [0.15, 0.2) is 0 Å². The molecule has 5 amide bonds. The van der Waals surface area contributed by atoms with Crippen molar-refractivity contribution in [1.82, 2.24) is 24.5 Å². The third kappa shape index (κ3) is 11.9. The van der Waals surface area contributed by atoms with Gasteiger partial charge in [0.05, 0.1) is 37.7 Å². The first-order valence-corrected chi connectivity index (χ1v) is 15.3. The van der Waals surface area contributed by atoms with E-state index < -0.39 is 17.7 Å². The van der Waals surface area contributed by atoms with Gasteiger partial charge in [-0.25, -0.2) is 5.48 Å². The van der Waals surface area contributed by atoms with Crippen LogP contribution in [-0.2, 0) is 30.7 Å². The molecule has 0 aliphatic heterocycles. The zero-order valence-corrected chi connectivity index (χ0v) is 28.3. The quantitative estimate of drug-likeness (QED) is 0.0506. The molecule has 0 radical (unpaired) electrons. The summed E-state index contributed by atoms with van der Waals surface area (Å²) in [6, 6.07) is 4.74. The Hall–Kier alpha value is -4.60. The van der Waals surface area contributed by atoms with Crippen molar-refractivity contribution in [3.8, 4) is 0 Å². The molecule has 0 aliphatic rings. The van der Waals surface area contributed by atoms with E-state index in [9.17, 15) is 24.0 Å². The Morgan fingerprint density at radius 3 is 1.51 bits per heavy atom. The molecular weight excluding hydrogens is 630 g/mol. The number of carbonyl (C=O) groups excluding carboxylic acids is 5. The van der Waals surface area contributed by atoms with E-state index in [-0.39, 0.29) is 30.6 Å². The number of unbranched alkanes of at least 4 members (excludes halogenated alkanes) is 3. The van der Waals surface area contributed by atoms with Gasteiger partial charge in [0.2, 0.25) is 11.8 Å². The molecule has 0 atom stereocenters. The van der Waals surface area contributed by atoms with Crippen LogP contribution in [-0.4, -0.2) is 75.6 Å². The highest BCUT2D eigenvalue weighted by molar-refractivity contribution is 6.07. The van der Waals surface area contributed by atoms with Crippen molar-refractivity contribution in [2.75, 3.05) is 43.1 Å². The number of aromatic nitrogens is 3. The van der Waals surface area contributed by atoms with Gasteiger partial charge in [0, 0.05) is 65.5 Å². The molecule has 3 rings (SSSR count). The molecule has 0 bridgehead atoms. The molecular formula is C31H46ClN9O6. The summed E-state index contributed by atoms with van der Waals surface area (Å²) in [5.41, 5.74) is 3.99. The number of anilines is 3. The molecule has 3 heterocycles. The largest absolute Gasteiger partial charge is 1.00 e. The number of hydroxylamine groups is 1. The lowest BCUT2D eigenvalue weighted by Gasteiger charge is -2.08. The topological polar surface area (TPSA) is 185 Å². The van der Waals surface area contributed by atoms with Gasteiger partial charge in [-0.2, -0.15) is 0 Å². The Labute approximate surface area is 280 Å². The average Bonchev–Trinajstić information content (AvgIpc) is 3.67. The lowest BCUT2D eigenvalue weighted by Crippen LogP contribution is -3.05. The third-order valence-electron chi connectivity index (χ3n) is 7.33.